The summed E-state index contributed by atoms with van der Waals surface area (Å²) in [4.78, 5) is 11.6. The number of halogens is 2. The third-order valence-corrected chi connectivity index (χ3v) is 4.29. The Hall–Kier alpha value is -2.47. The van der Waals surface area contributed by atoms with Crippen molar-refractivity contribution in [3.8, 4) is 5.75 Å². The van der Waals surface area contributed by atoms with Gasteiger partial charge in [-0.2, -0.15) is 0 Å². The van der Waals surface area contributed by atoms with E-state index in [0.717, 1.165) is 24.5 Å². The highest BCUT2D eigenvalue weighted by molar-refractivity contribution is 5.78. The van der Waals surface area contributed by atoms with Gasteiger partial charge in [-0.15, -0.1) is 0 Å². The van der Waals surface area contributed by atoms with Crippen LogP contribution in [0.3, 0.4) is 0 Å². The summed E-state index contributed by atoms with van der Waals surface area (Å²) in [6.07, 6.45) is 2.10. The minimum atomic E-state index is -0.844. The second kappa shape index (κ2) is 8.27. The lowest BCUT2D eigenvalue weighted by Gasteiger charge is -2.15. The van der Waals surface area contributed by atoms with Gasteiger partial charge in [-0.3, -0.25) is 4.79 Å². The molecule has 1 aliphatic carbocycles. The first-order chi connectivity index (χ1) is 12.5. The van der Waals surface area contributed by atoms with Gasteiger partial charge in [0, 0.05) is 18.6 Å². The van der Waals surface area contributed by atoms with Gasteiger partial charge in [-0.05, 0) is 55.2 Å². The van der Waals surface area contributed by atoms with E-state index in [1.54, 1.807) is 6.07 Å². The number of amides is 1. The smallest absolute Gasteiger partial charge is 0.258 e. The lowest BCUT2D eigenvalue weighted by Crippen LogP contribution is -2.30. The van der Waals surface area contributed by atoms with Crippen LogP contribution >= 0.6 is 0 Å². The SMILES string of the molecule is C[C@H](NCc1ccc(F)c(F)c1)c1ccc(OCC(=O)NC2CC2)cc1. The summed E-state index contributed by atoms with van der Waals surface area (Å²) >= 11 is 0. The van der Waals surface area contributed by atoms with Gasteiger partial charge >= 0.3 is 0 Å². The lowest BCUT2D eigenvalue weighted by molar-refractivity contribution is -0.123. The molecule has 0 radical (unpaired) electrons. The highest BCUT2D eigenvalue weighted by atomic mass is 19.2. The predicted octanol–water partition coefficient (Wildman–Crippen LogP) is 3.47. The number of carbonyl (C=O) groups excluding carboxylic acids is 1. The van der Waals surface area contributed by atoms with Crippen LogP contribution in [0.4, 0.5) is 8.78 Å². The van der Waals surface area contributed by atoms with Crippen molar-refractivity contribution in [2.75, 3.05) is 6.61 Å². The van der Waals surface area contributed by atoms with Crippen LogP contribution in [0.1, 0.15) is 36.9 Å². The molecule has 3 rings (SSSR count). The molecule has 1 saturated carbocycles. The number of nitrogens with one attached hydrogen (secondary N) is 2. The first-order valence-corrected chi connectivity index (χ1v) is 8.70. The molecule has 138 valence electrons. The van der Waals surface area contributed by atoms with Crippen LogP contribution < -0.4 is 15.4 Å². The summed E-state index contributed by atoms with van der Waals surface area (Å²) < 4.78 is 31.6. The van der Waals surface area contributed by atoms with E-state index in [-0.39, 0.29) is 18.6 Å². The fraction of sp³-hybridized carbons (Fsp3) is 0.350. The van der Waals surface area contributed by atoms with Crippen molar-refractivity contribution < 1.29 is 18.3 Å². The first-order valence-electron chi connectivity index (χ1n) is 8.70. The molecule has 2 N–H and O–H groups in total. The Labute approximate surface area is 151 Å². The van der Waals surface area contributed by atoms with E-state index in [1.807, 2.05) is 31.2 Å². The summed E-state index contributed by atoms with van der Waals surface area (Å²) in [5, 5.41) is 6.14. The molecule has 0 bridgehead atoms. The van der Waals surface area contributed by atoms with Crippen LogP contribution in [0.15, 0.2) is 42.5 Å². The molecule has 1 aliphatic rings. The zero-order chi connectivity index (χ0) is 18.5. The van der Waals surface area contributed by atoms with Crippen LogP contribution in [0.25, 0.3) is 0 Å². The van der Waals surface area contributed by atoms with Gasteiger partial charge in [-0.25, -0.2) is 8.78 Å². The lowest BCUT2D eigenvalue weighted by atomic mass is 10.1. The maximum Gasteiger partial charge on any atom is 0.258 e. The summed E-state index contributed by atoms with van der Waals surface area (Å²) in [5.41, 5.74) is 1.71. The van der Waals surface area contributed by atoms with Crippen LogP contribution in [-0.2, 0) is 11.3 Å². The number of rotatable bonds is 8. The summed E-state index contributed by atoms with van der Waals surface area (Å²) in [5.74, 6) is -1.15. The van der Waals surface area contributed by atoms with E-state index in [0.29, 0.717) is 23.9 Å². The molecular weight excluding hydrogens is 338 g/mol. The maximum absolute atomic E-state index is 13.2. The van der Waals surface area contributed by atoms with Gasteiger partial charge < -0.3 is 15.4 Å². The molecule has 1 amide bonds. The van der Waals surface area contributed by atoms with Crippen molar-refractivity contribution in [1.29, 1.82) is 0 Å². The Kier molecular flexibility index (Phi) is 5.83. The van der Waals surface area contributed by atoms with E-state index >= 15 is 0 Å². The van der Waals surface area contributed by atoms with Crippen LogP contribution in [0.2, 0.25) is 0 Å². The normalized spacial score (nSPS) is 14.7. The molecule has 26 heavy (non-hydrogen) atoms. The van der Waals surface area contributed by atoms with Gasteiger partial charge in [0.15, 0.2) is 18.2 Å². The minimum Gasteiger partial charge on any atom is -0.484 e. The Morgan fingerprint density at radius 2 is 1.88 bits per heavy atom. The molecule has 2 aromatic carbocycles. The van der Waals surface area contributed by atoms with Crippen molar-refractivity contribution in [3.63, 3.8) is 0 Å². The largest absolute Gasteiger partial charge is 0.484 e. The van der Waals surface area contributed by atoms with E-state index in [1.165, 1.54) is 6.07 Å². The number of ether oxygens (including phenoxy) is 1. The molecule has 2 aromatic rings. The van der Waals surface area contributed by atoms with Crippen molar-refractivity contribution in [1.82, 2.24) is 10.6 Å². The highest BCUT2D eigenvalue weighted by Gasteiger charge is 2.23. The molecule has 0 unspecified atom stereocenters. The Bertz CT molecular complexity index is 761. The quantitative estimate of drug-likeness (QED) is 0.758. The van der Waals surface area contributed by atoms with Gasteiger partial charge in [0.05, 0.1) is 0 Å². The zero-order valence-corrected chi connectivity index (χ0v) is 14.6. The average molecular weight is 360 g/mol. The number of carbonyl (C=O) groups is 1. The van der Waals surface area contributed by atoms with E-state index in [4.69, 9.17) is 4.74 Å². The third-order valence-electron chi connectivity index (χ3n) is 4.29. The molecule has 1 atom stereocenters. The van der Waals surface area contributed by atoms with E-state index in [9.17, 15) is 13.6 Å². The second-order valence-corrected chi connectivity index (χ2v) is 6.55. The van der Waals surface area contributed by atoms with Gasteiger partial charge in [0.25, 0.3) is 5.91 Å². The molecule has 0 spiro atoms. The number of hydrogen-bond acceptors (Lipinski definition) is 3. The van der Waals surface area contributed by atoms with Gasteiger partial charge in [0.2, 0.25) is 0 Å². The summed E-state index contributed by atoms with van der Waals surface area (Å²) in [6.45, 7) is 2.43. The average Bonchev–Trinajstić information content (AvgIpc) is 3.45. The van der Waals surface area contributed by atoms with Crippen molar-refractivity contribution in [2.24, 2.45) is 0 Å². The zero-order valence-electron chi connectivity index (χ0n) is 14.6. The molecule has 1 fully saturated rings. The number of benzene rings is 2. The fourth-order valence-corrected chi connectivity index (χ4v) is 2.54. The van der Waals surface area contributed by atoms with E-state index < -0.39 is 11.6 Å². The molecule has 0 aromatic heterocycles. The summed E-state index contributed by atoms with van der Waals surface area (Å²) in [6, 6.07) is 11.7. The third kappa shape index (κ3) is 5.26. The van der Waals surface area contributed by atoms with Gasteiger partial charge in [0.1, 0.15) is 5.75 Å². The Morgan fingerprint density at radius 3 is 2.54 bits per heavy atom. The second-order valence-electron chi connectivity index (χ2n) is 6.55. The van der Waals surface area contributed by atoms with Crippen LogP contribution in [-0.4, -0.2) is 18.6 Å². The molecular formula is C20H22F2N2O2. The number of hydrogen-bond donors (Lipinski definition) is 2. The Morgan fingerprint density at radius 1 is 1.15 bits per heavy atom. The van der Waals surface area contributed by atoms with Crippen molar-refractivity contribution in [3.05, 3.63) is 65.2 Å². The molecule has 4 nitrogen and oxygen atoms in total. The minimum absolute atomic E-state index is 0.0137. The topological polar surface area (TPSA) is 50.4 Å². The van der Waals surface area contributed by atoms with Gasteiger partial charge in [-0.1, -0.05) is 18.2 Å². The molecule has 0 saturated heterocycles. The van der Waals surface area contributed by atoms with E-state index in [2.05, 4.69) is 10.6 Å². The standard InChI is InChI=1S/C20H22F2N2O2/c1-13(23-11-14-2-9-18(21)19(22)10-14)15-3-7-17(8-4-15)26-12-20(25)24-16-5-6-16/h2-4,7-10,13,16,23H,5-6,11-12H2,1H3,(H,24,25)/t13-/m0/s1. The fourth-order valence-electron chi connectivity index (χ4n) is 2.54. The van der Waals surface area contributed by atoms with Crippen LogP contribution in [0.5, 0.6) is 5.75 Å². The monoisotopic (exact) mass is 360 g/mol. The predicted molar refractivity (Wildman–Crippen MR) is 94.7 cm³/mol. The first kappa shape index (κ1) is 18.3. The van der Waals surface area contributed by atoms with Crippen molar-refractivity contribution >= 4 is 5.91 Å². The molecule has 0 aliphatic heterocycles. The highest BCUT2D eigenvalue weighted by Crippen LogP contribution is 2.20. The molecule has 0 heterocycles. The summed E-state index contributed by atoms with van der Waals surface area (Å²) in [7, 11) is 0. The maximum atomic E-state index is 13.2. The molecule has 6 heteroatoms. The van der Waals surface area contributed by atoms with Crippen molar-refractivity contribution in [2.45, 2.75) is 38.4 Å². The Balaban J connectivity index is 1.47. The van der Waals surface area contributed by atoms with Crippen LogP contribution in [0, 0.1) is 11.6 Å².